The zero-order valence-corrected chi connectivity index (χ0v) is 17.7. The van der Waals surface area contributed by atoms with E-state index in [1.807, 2.05) is 25.2 Å². The number of nitrogens with one attached hydrogen (secondary N) is 1. The molecule has 8 nitrogen and oxygen atoms in total. The average Bonchev–Trinajstić information content (AvgIpc) is 3.02. The Labute approximate surface area is 174 Å². The van der Waals surface area contributed by atoms with Crippen molar-refractivity contribution in [2.24, 2.45) is 7.05 Å². The van der Waals surface area contributed by atoms with Gasteiger partial charge in [-0.1, -0.05) is 31.0 Å². The Kier molecular flexibility index (Phi) is 6.53. The standard InChI is InChI=1S/C20H24ClN5O3/c1-5-6-14-18-19(26(2)25-14)20(24-16(23-18)10-17(27)29-4)22-11-12-7-8-15(28-3)13(21)9-12/h7-9H,5-6,10-11H2,1-4H3,(H,22,23,24). The third-order valence-corrected chi connectivity index (χ3v) is 4.79. The van der Waals surface area contributed by atoms with Gasteiger partial charge in [-0.2, -0.15) is 5.10 Å². The zero-order chi connectivity index (χ0) is 21.0. The van der Waals surface area contributed by atoms with Crippen molar-refractivity contribution in [3.63, 3.8) is 0 Å². The highest BCUT2D eigenvalue weighted by Crippen LogP contribution is 2.27. The number of benzene rings is 1. The van der Waals surface area contributed by atoms with Gasteiger partial charge in [0.2, 0.25) is 0 Å². The second-order valence-electron chi connectivity index (χ2n) is 6.58. The van der Waals surface area contributed by atoms with Gasteiger partial charge in [0.1, 0.15) is 29.0 Å². The van der Waals surface area contributed by atoms with Crippen LogP contribution in [0.5, 0.6) is 5.75 Å². The van der Waals surface area contributed by atoms with Crippen molar-refractivity contribution in [3.05, 3.63) is 40.3 Å². The first-order chi connectivity index (χ1) is 14.0. The summed E-state index contributed by atoms with van der Waals surface area (Å²) in [7, 11) is 4.79. The number of aryl methyl sites for hydroxylation is 2. The Bertz CT molecular complexity index is 1030. The topological polar surface area (TPSA) is 91.2 Å². The summed E-state index contributed by atoms with van der Waals surface area (Å²) >= 11 is 6.22. The van der Waals surface area contributed by atoms with Crippen LogP contribution in [0.1, 0.15) is 30.4 Å². The molecular formula is C20H24ClN5O3. The normalized spacial score (nSPS) is 10.9. The smallest absolute Gasteiger partial charge is 0.313 e. The molecule has 2 aromatic heterocycles. The molecule has 0 aliphatic carbocycles. The maximum atomic E-state index is 11.8. The van der Waals surface area contributed by atoms with Gasteiger partial charge in [-0.05, 0) is 24.1 Å². The lowest BCUT2D eigenvalue weighted by Gasteiger charge is -2.11. The van der Waals surface area contributed by atoms with E-state index in [1.165, 1.54) is 7.11 Å². The fraction of sp³-hybridized carbons (Fsp3) is 0.400. The van der Waals surface area contributed by atoms with Crippen molar-refractivity contribution in [1.29, 1.82) is 0 Å². The summed E-state index contributed by atoms with van der Waals surface area (Å²) in [6, 6.07) is 5.59. The molecular weight excluding hydrogens is 394 g/mol. The van der Waals surface area contributed by atoms with E-state index in [1.54, 1.807) is 11.8 Å². The van der Waals surface area contributed by atoms with Crippen LogP contribution in [0.4, 0.5) is 5.82 Å². The lowest BCUT2D eigenvalue weighted by atomic mass is 10.2. The molecule has 0 fully saturated rings. The highest BCUT2D eigenvalue weighted by Gasteiger charge is 2.18. The van der Waals surface area contributed by atoms with E-state index in [-0.39, 0.29) is 6.42 Å². The molecule has 0 amide bonds. The summed E-state index contributed by atoms with van der Waals surface area (Å²) in [5, 5.41) is 8.46. The summed E-state index contributed by atoms with van der Waals surface area (Å²) < 4.78 is 11.7. The van der Waals surface area contributed by atoms with Gasteiger partial charge >= 0.3 is 5.97 Å². The Balaban J connectivity index is 1.97. The number of hydrogen-bond donors (Lipinski definition) is 1. The van der Waals surface area contributed by atoms with Crippen LogP contribution in [-0.2, 0) is 36.0 Å². The number of carbonyl (C=O) groups excluding carboxylic acids is 1. The molecule has 3 aromatic rings. The minimum atomic E-state index is -0.391. The van der Waals surface area contributed by atoms with Crippen LogP contribution in [0.3, 0.4) is 0 Å². The molecule has 0 unspecified atom stereocenters. The molecule has 0 saturated heterocycles. The van der Waals surface area contributed by atoms with Gasteiger partial charge in [0.05, 0.1) is 24.9 Å². The monoisotopic (exact) mass is 417 g/mol. The molecule has 9 heteroatoms. The van der Waals surface area contributed by atoms with E-state index in [0.29, 0.717) is 29.0 Å². The van der Waals surface area contributed by atoms with Crippen LogP contribution in [-0.4, -0.2) is 39.9 Å². The van der Waals surface area contributed by atoms with Gasteiger partial charge in [-0.15, -0.1) is 0 Å². The number of fused-ring (bicyclic) bond motifs is 1. The Morgan fingerprint density at radius 3 is 2.72 bits per heavy atom. The molecule has 1 N–H and O–H groups in total. The van der Waals surface area contributed by atoms with Gasteiger partial charge < -0.3 is 14.8 Å². The molecule has 154 valence electrons. The Morgan fingerprint density at radius 1 is 1.28 bits per heavy atom. The van der Waals surface area contributed by atoms with Crippen LogP contribution in [0.15, 0.2) is 18.2 Å². The van der Waals surface area contributed by atoms with Crippen molar-refractivity contribution in [2.75, 3.05) is 19.5 Å². The maximum Gasteiger partial charge on any atom is 0.313 e. The van der Waals surface area contributed by atoms with Gasteiger partial charge in [-0.3, -0.25) is 9.48 Å². The number of esters is 1. The van der Waals surface area contributed by atoms with Gasteiger partial charge in [0.15, 0.2) is 5.82 Å². The first-order valence-electron chi connectivity index (χ1n) is 9.32. The molecule has 2 heterocycles. The molecule has 1 aromatic carbocycles. The first kappa shape index (κ1) is 20.9. The first-order valence-corrected chi connectivity index (χ1v) is 9.70. The lowest BCUT2D eigenvalue weighted by Crippen LogP contribution is -2.11. The molecule has 29 heavy (non-hydrogen) atoms. The lowest BCUT2D eigenvalue weighted by molar-refractivity contribution is -0.139. The maximum absolute atomic E-state index is 11.8. The summed E-state index contributed by atoms with van der Waals surface area (Å²) in [4.78, 5) is 20.9. The van der Waals surface area contributed by atoms with Gasteiger partial charge in [0, 0.05) is 13.6 Å². The second-order valence-corrected chi connectivity index (χ2v) is 6.99. The number of ether oxygens (including phenoxy) is 2. The molecule has 0 atom stereocenters. The largest absolute Gasteiger partial charge is 0.495 e. The third-order valence-electron chi connectivity index (χ3n) is 4.49. The predicted molar refractivity (Wildman–Crippen MR) is 111 cm³/mol. The van der Waals surface area contributed by atoms with E-state index in [2.05, 4.69) is 27.3 Å². The van der Waals surface area contributed by atoms with Gasteiger partial charge in [-0.25, -0.2) is 9.97 Å². The van der Waals surface area contributed by atoms with Crippen molar-refractivity contribution in [2.45, 2.75) is 32.7 Å². The van der Waals surface area contributed by atoms with Gasteiger partial charge in [0.25, 0.3) is 0 Å². The van der Waals surface area contributed by atoms with Crippen LogP contribution in [0.25, 0.3) is 11.0 Å². The number of nitrogens with zero attached hydrogens (tertiary/aromatic N) is 4. The van der Waals surface area contributed by atoms with E-state index >= 15 is 0 Å². The SMILES string of the molecule is CCCc1nn(C)c2c(NCc3ccc(OC)c(Cl)c3)nc(CC(=O)OC)nc12. The summed E-state index contributed by atoms with van der Waals surface area (Å²) in [5.74, 6) is 1.23. The molecule has 0 aliphatic rings. The summed E-state index contributed by atoms with van der Waals surface area (Å²) in [6.45, 7) is 2.57. The molecule has 0 spiro atoms. The minimum absolute atomic E-state index is 0.00402. The van der Waals surface area contributed by atoms with Crippen molar-refractivity contribution in [3.8, 4) is 5.75 Å². The molecule has 0 aliphatic heterocycles. The number of aromatic nitrogens is 4. The molecule has 0 saturated carbocycles. The van der Waals surface area contributed by atoms with Crippen LogP contribution < -0.4 is 10.1 Å². The third kappa shape index (κ3) is 4.59. The minimum Gasteiger partial charge on any atom is -0.495 e. The fourth-order valence-electron chi connectivity index (χ4n) is 3.10. The van der Waals surface area contributed by atoms with E-state index in [4.69, 9.17) is 21.1 Å². The van der Waals surface area contributed by atoms with E-state index < -0.39 is 5.97 Å². The highest BCUT2D eigenvalue weighted by atomic mass is 35.5. The molecule has 3 rings (SSSR count). The van der Waals surface area contributed by atoms with E-state index in [9.17, 15) is 4.79 Å². The number of halogens is 1. The molecule has 0 radical (unpaired) electrons. The predicted octanol–water partition coefficient (Wildman–Crippen LogP) is 3.31. The van der Waals surface area contributed by atoms with Crippen LogP contribution in [0, 0.1) is 0 Å². The Hall–Kier alpha value is -2.87. The number of methoxy groups -OCH3 is 2. The fourth-order valence-corrected chi connectivity index (χ4v) is 3.38. The number of anilines is 1. The van der Waals surface area contributed by atoms with Crippen molar-refractivity contribution in [1.82, 2.24) is 19.7 Å². The quantitative estimate of drug-likeness (QED) is 0.562. The zero-order valence-electron chi connectivity index (χ0n) is 17.0. The highest BCUT2D eigenvalue weighted by molar-refractivity contribution is 6.32. The average molecular weight is 418 g/mol. The number of carbonyl (C=O) groups is 1. The van der Waals surface area contributed by atoms with Crippen molar-refractivity contribution >= 4 is 34.4 Å². The van der Waals surface area contributed by atoms with Crippen LogP contribution in [0.2, 0.25) is 5.02 Å². The molecule has 0 bridgehead atoms. The second kappa shape index (κ2) is 9.09. The number of rotatable bonds is 8. The Morgan fingerprint density at radius 2 is 2.07 bits per heavy atom. The van der Waals surface area contributed by atoms with Crippen molar-refractivity contribution < 1.29 is 14.3 Å². The summed E-state index contributed by atoms with van der Waals surface area (Å²) in [6.07, 6.45) is 1.73. The van der Waals surface area contributed by atoms with E-state index in [0.717, 1.165) is 35.1 Å². The number of hydrogen-bond acceptors (Lipinski definition) is 7. The van der Waals surface area contributed by atoms with Crippen LogP contribution >= 0.6 is 11.6 Å². The summed E-state index contributed by atoms with van der Waals surface area (Å²) in [5.41, 5.74) is 3.39.